The predicted molar refractivity (Wildman–Crippen MR) is 55.6 cm³/mol. The predicted octanol–water partition coefficient (Wildman–Crippen LogP) is 3.91. The Balaban J connectivity index is 2.26. The molecule has 2 rings (SSSR count). The quantitative estimate of drug-likeness (QED) is 0.754. The lowest BCUT2D eigenvalue weighted by Crippen LogP contribution is -2.04. The largest absolute Gasteiger partial charge is 0.250 e. The van der Waals surface area contributed by atoms with Gasteiger partial charge in [-0.1, -0.05) is 34.1 Å². The summed E-state index contributed by atoms with van der Waals surface area (Å²) in [4.78, 5) is 0. The van der Waals surface area contributed by atoms with Crippen molar-refractivity contribution in [3.05, 3.63) is 34.3 Å². The zero-order valence-corrected chi connectivity index (χ0v) is 8.93. The average molecular weight is 243 g/mol. The number of rotatable bonds is 3. The summed E-state index contributed by atoms with van der Waals surface area (Å²) in [5, 5.41) is 0. The summed E-state index contributed by atoms with van der Waals surface area (Å²) < 4.78 is 13.8. The van der Waals surface area contributed by atoms with E-state index in [4.69, 9.17) is 0 Å². The zero-order chi connectivity index (χ0) is 9.26. The summed E-state index contributed by atoms with van der Waals surface area (Å²) in [6, 6.07) is 7.95. The molecule has 0 aliphatic heterocycles. The Morgan fingerprint density at radius 2 is 2.08 bits per heavy atom. The van der Waals surface area contributed by atoms with Crippen molar-refractivity contribution in [3.8, 4) is 0 Å². The van der Waals surface area contributed by atoms with Crippen molar-refractivity contribution in [1.29, 1.82) is 0 Å². The van der Waals surface area contributed by atoms with Crippen molar-refractivity contribution >= 4 is 15.9 Å². The molecule has 1 aliphatic carbocycles. The highest BCUT2D eigenvalue weighted by molar-refractivity contribution is 9.10. The molecule has 0 saturated heterocycles. The van der Waals surface area contributed by atoms with E-state index in [1.807, 2.05) is 24.3 Å². The second-order valence-electron chi connectivity index (χ2n) is 3.62. The first-order valence-corrected chi connectivity index (χ1v) is 5.42. The van der Waals surface area contributed by atoms with Gasteiger partial charge in [0.2, 0.25) is 0 Å². The summed E-state index contributed by atoms with van der Waals surface area (Å²) in [5.74, 6) is 0.708. The SMILES string of the molecule is FCC(c1ccccc1Br)C1CC1. The van der Waals surface area contributed by atoms with Gasteiger partial charge in [-0.3, -0.25) is 4.39 Å². The van der Waals surface area contributed by atoms with Gasteiger partial charge in [-0.05, 0) is 30.4 Å². The van der Waals surface area contributed by atoms with Crippen LogP contribution in [0.25, 0.3) is 0 Å². The summed E-state index contributed by atoms with van der Waals surface area (Å²) in [6.07, 6.45) is 2.38. The average Bonchev–Trinajstić information content (AvgIpc) is 2.93. The van der Waals surface area contributed by atoms with Crippen LogP contribution in [0.5, 0.6) is 0 Å². The second kappa shape index (κ2) is 3.79. The lowest BCUT2D eigenvalue weighted by atomic mass is 9.96. The molecule has 1 fully saturated rings. The van der Waals surface area contributed by atoms with Crippen LogP contribution >= 0.6 is 15.9 Å². The first-order chi connectivity index (χ1) is 6.33. The van der Waals surface area contributed by atoms with Gasteiger partial charge >= 0.3 is 0 Å². The smallest absolute Gasteiger partial charge is 0.0965 e. The van der Waals surface area contributed by atoms with Crippen LogP contribution in [0.2, 0.25) is 0 Å². The normalized spacial score (nSPS) is 18.6. The Kier molecular flexibility index (Phi) is 2.68. The van der Waals surface area contributed by atoms with Crippen molar-refractivity contribution in [2.45, 2.75) is 18.8 Å². The maximum Gasteiger partial charge on any atom is 0.0965 e. The van der Waals surface area contributed by atoms with E-state index in [1.165, 1.54) is 12.8 Å². The Bertz CT molecular complexity index is 294. The number of halogens is 2. The van der Waals surface area contributed by atoms with E-state index in [1.54, 1.807) is 0 Å². The fourth-order valence-electron chi connectivity index (χ4n) is 1.74. The highest BCUT2D eigenvalue weighted by Crippen LogP contribution is 2.44. The summed E-state index contributed by atoms with van der Waals surface area (Å²) in [5.41, 5.74) is 1.13. The molecule has 0 spiro atoms. The summed E-state index contributed by atoms with van der Waals surface area (Å²) in [6.45, 7) is -0.229. The Hall–Kier alpha value is -0.370. The first kappa shape index (κ1) is 9.20. The molecular formula is C11H12BrF. The van der Waals surface area contributed by atoms with E-state index in [-0.39, 0.29) is 12.6 Å². The van der Waals surface area contributed by atoms with Crippen LogP contribution in [0.4, 0.5) is 4.39 Å². The van der Waals surface area contributed by atoms with Gasteiger partial charge in [-0.25, -0.2) is 0 Å². The van der Waals surface area contributed by atoms with Gasteiger partial charge in [0.05, 0.1) is 6.67 Å². The third kappa shape index (κ3) is 1.93. The van der Waals surface area contributed by atoms with Crippen molar-refractivity contribution in [2.75, 3.05) is 6.67 Å². The molecule has 70 valence electrons. The minimum atomic E-state index is -0.229. The van der Waals surface area contributed by atoms with E-state index in [0.717, 1.165) is 10.0 Å². The summed E-state index contributed by atoms with van der Waals surface area (Å²) in [7, 11) is 0. The first-order valence-electron chi connectivity index (χ1n) is 4.63. The molecule has 0 amide bonds. The second-order valence-corrected chi connectivity index (χ2v) is 4.47. The van der Waals surface area contributed by atoms with E-state index >= 15 is 0 Å². The molecule has 0 N–H and O–H groups in total. The number of hydrogen-bond donors (Lipinski definition) is 0. The molecule has 0 radical (unpaired) electrons. The minimum absolute atomic E-state index is 0.121. The molecular weight excluding hydrogens is 231 g/mol. The maximum absolute atomic E-state index is 12.8. The van der Waals surface area contributed by atoms with E-state index in [0.29, 0.717) is 5.92 Å². The van der Waals surface area contributed by atoms with Gasteiger partial charge in [-0.2, -0.15) is 0 Å². The van der Waals surface area contributed by atoms with Crippen LogP contribution in [0.3, 0.4) is 0 Å². The molecule has 0 aromatic heterocycles. The Labute approximate surface area is 86.3 Å². The molecule has 1 aromatic rings. The number of benzene rings is 1. The molecule has 1 unspecified atom stereocenters. The number of alkyl halides is 1. The van der Waals surface area contributed by atoms with Crippen LogP contribution in [0.1, 0.15) is 24.3 Å². The van der Waals surface area contributed by atoms with E-state index in [2.05, 4.69) is 15.9 Å². The molecule has 13 heavy (non-hydrogen) atoms. The topological polar surface area (TPSA) is 0 Å². The molecule has 0 heterocycles. The molecule has 2 heteroatoms. The molecule has 1 saturated carbocycles. The van der Waals surface area contributed by atoms with Crippen molar-refractivity contribution in [1.82, 2.24) is 0 Å². The monoisotopic (exact) mass is 242 g/mol. The molecule has 0 bridgehead atoms. The third-order valence-corrected chi connectivity index (χ3v) is 3.38. The molecule has 1 aliphatic rings. The van der Waals surface area contributed by atoms with Gasteiger partial charge in [0, 0.05) is 10.4 Å². The van der Waals surface area contributed by atoms with Gasteiger partial charge in [0.25, 0.3) is 0 Å². The van der Waals surface area contributed by atoms with Crippen LogP contribution in [0.15, 0.2) is 28.7 Å². The summed E-state index contributed by atoms with van der Waals surface area (Å²) >= 11 is 3.47. The lowest BCUT2D eigenvalue weighted by molar-refractivity contribution is 0.403. The number of hydrogen-bond acceptors (Lipinski definition) is 0. The minimum Gasteiger partial charge on any atom is -0.250 e. The van der Waals surface area contributed by atoms with Gasteiger partial charge in [0.1, 0.15) is 0 Å². The van der Waals surface area contributed by atoms with Crippen LogP contribution in [-0.4, -0.2) is 6.67 Å². The highest BCUT2D eigenvalue weighted by Gasteiger charge is 2.32. The van der Waals surface area contributed by atoms with E-state index < -0.39 is 0 Å². The van der Waals surface area contributed by atoms with Crippen LogP contribution in [-0.2, 0) is 0 Å². The third-order valence-electron chi connectivity index (χ3n) is 2.66. The Morgan fingerprint density at radius 1 is 1.38 bits per heavy atom. The standard InChI is InChI=1S/C11H12BrF/c12-11-4-2-1-3-9(11)10(7-13)8-5-6-8/h1-4,8,10H,5-7H2. The molecule has 1 atom stereocenters. The van der Waals surface area contributed by atoms with Crippen molar-refractivity contribution in [3.63, 3.8) is 0 Å². The van der Waals surface area contributed by atoms with E-state index in [9.17, 15) is 4.39 Å². The Morgan fingerprint density at radius 3 is 2.62 bits per heavy atom. The molecule has 0 nitrogen and oxygen atoms in total. The van der Waals surface area contributed by atoms with Gasteiger partial charge in [0.15, 0.2) is 0 Å². The van der Waals surface area contributed by atoms with Gasteiger partial charge in [-0.15, -0.1) is 0 Å². The van der Waals surface area contributed by atoms with Crippen molar-refractivity contribution in [2.24, 2.45) is 5.92 Å². The van der Waals surface area contributed by atoms with Crippen molar-refractivity contribution < 1.29 is 4.39 Å². The fraction of sp³-hybridized carbons (Fsp3) is 0.455. The highest BCUT2D eigenvalue weighted by atomic mass is 79.9. The lowest BCUT2D eigenvalue weighted by Gasteiger charge is -2.13. The van der Waals surface area contributed by atoms with Crippen LogP contribution < -0.4 is 0 Å². The van der Waals surface area contributed by atoms with Crippen LogP contribution in [0, 0.1) is 5.92 Å². The zero-order valence-electron chi connectivity index (χ0n) is 7.34. The molecule has 1 aromatic carbocycles. The van der Waals surface area contributed by atoms with Gasteiger partial charge < -0.3 is 0 Å². The maximum atomic E-state index is 12.8. The fourth-order valence-corrected chi connectivity index (χ4v) is 2.32.